The van der Waals surface area contributed by atoms with E-state index in [1.165, 1.54) is 0 Å². The molecule has 0 aromatic heterocycles. The molecule has 0 aliphatic rings. The zero-order valence-electron chi connectivity index (χ0n) is 7.63. The molecular formula is C10H11BrN2O. The fraction of sp³-hybridized carbons (Fsp3) is 0.300. The van der Waals surface area contributed by atoms with E-state index in [-0.39, 0.29) is 6.61 Å². The molecule has 1 aromatic carbocycles. The van der Waals surface area contributed by atoms with Crippen molar-refractivity contribution in [3.05, 3.63) is 28.2 Å². The van der Waals surface area contributed by atoms with Gasteiger partial charge in [-0.25, -0.2) is 0 Å². The average molecular weight is 255 g/mol. The summed E-state index contributed by atoms with van der Waals surface area (Å²) in [4.78, 5) is 0. The van der Waals surface area contributed by atoms with Crippen LogP contribution in [0.4, 0.5) is 5.69 Å². The molecule has 74 valence electrons. The van der Waals surface area contributed by atoms with Crippen LogP contribution in [0.5, 0.6) is 0 Å². The monoisotopic (exact) mass is 254 g/mol. The number of rotatable bonds is 4. The Kier molecular flexibility index (Phi) is 4.44. The van der Waals surface area contributed by atoms with Crippen molar-refractivity contribution >= 4 is 21.6 Å². The van der Waals surface area contributed by atoms with E-state index in [0.29, 0.717) is 18.5 Å². The zero-order chi connectivity index (χ0) is 10.4. The van der Waals surface area contributed by atoms with Crippen molar-refractivity contribution < 1.29 is 5.11 Å². The number of aliphatic hydroxyl groups is 1. The van der Waals surface area contributed by atoms with Crippen molar-refractivity contribution in [1.82, 2.24) is 0 Å². The molecule has 0 unspecified atom stereocenters. The van der Waals surface area contributed by atoms with E-state index in [1.807, 2.05) is 6.07 Å². The van der Waals surface area contributed by atoms with E-state index < -0.39 is 0 Å². The molecule has 0 heterocycles. The molecule has 4 heteroatoms. The van der Waals surface area contributed by atoms with Crippen molar-refractivity contribution in [3.8, 4) is 6.07 Å². The summed E-state index contributed by atoms with van der Waals surface area (Å²) in [5.74, 6) is 0. The Morgan fingerprint density at radius 2 is 2.21 bits per heavy atom. The number of aliphatic hydroxyl groups excluding tert-OH is 1. The lowest BCUT2D eigenvalue weighted by Crippen LogP contribution is -2.03. The molecule has 0 aliphatic heterocycles. The van der Waals surface area contributed by atoms with Crippen LogP contribution in [0.25, 0.3) is 0 Å². The molecule has 0 radical (unpaired) electrons. The fourth-order valence-corrected chi connectivity index (χ4v) is 1.56. The Morgan fingerprint density at radius 3 is 2.86 bits per heavy atom. The van der Waals surface area contributed by atoms with Gasteiger partial charge in [-0.3, -0.25) is 0 Å². The molecular weight excluding hydrogens is 244 g/mol. The second-order valence-electron chi connectivity index (χ2n) is 2.84. The van der Waals surface area contributed by atoms with E-state index in [0.717, 1.165) is 10.2 Å². The summed E-state index contributed by atoms with van der Waals surface area (Å²) in [6.07, 6.45) is 0.703. The van der Waals surface area contributed by atoms with Gasteiger partial charge in [0.2, 0.25) is 0 Å². The van der Waals surface area contributed by atoms with Crippen LogP contribution >= 0.6 is 15.9 Å². The molecule has 0 fully saturated rings. The predicted octanol–water partition coefficient (Wildman–Crippen LogP) is 2.12. The van der Waals surface area contributed by atoms with Gasteiger partial charge in [0, 0.05) is 23.3 Å². The topological polar surface area (TPSA) is 56.0 Å². The van der Waals surface area contributed by atoms with Gasteiger partial charge in [0.25, 0.3) is 0 Å². The lowest BCUT2D eigenvalue weighted by Gasteiger charge is -2.05. The number of benzene rings is 1. The Morgan fingerprint density at radius 1 is 1.43 bits per heavy atom. The van der Waals surface area contributed by atoms with Crippen LogP contribution in [0.15, 0.2) is 22.7 Å². The van der Waals surface area contributed by atoms with Crippen molar-refractivity contribution in [2.75, 3.05) is 18.5 Å². The predicted molar refractivity (Wildman–Crippen MR) is 59.0 cm³/mol. The van der Waals surface area contributed by atoms with Gasteiger partial charge in [0.1, 0.15) is 0 Å². The highest BCUT2D eigenvalue weighted by molar-refractivity contribution is 9.10. The van der Waals surface area contributed by atoms with Gasteiger partial charge in [-0.15, -0.1) is 0 Å². The third-order valence-corrected chi connectivity index (χ3v) is 2.15. The van der Waals surface area contributed by atoms with Gasteiger partial charge in [-0.1, -0.05) is 15.9 Å². The number of nitriles is 1. The maximum atomic E-state index is 8.72. The van der Waals surface area contributed by atoms with E-state index >= 15 is 0 Å². The molecule has 0 atom stereocenters. The average Bonchev–Trinajstić information content (AvgIpc) is 2.17. The minimum absolute atomic E-state index is 0.173. The van der Waals surface area contributed by atoms with Crippen molar-refractivity contribution in [3.63, 3.8) is 0 Å². The highest BCUT2D eigenvalue weighted by Gasteiger charge is 1.97. The van der Waals surface area contributed by atoms with E-state index in [4.69, 9.17) is 10.4 Å². The second-order valence-corrected chi connectivity index (χ2v) is 3.76. The normalized spacial score (nSPS) is 9.50. The van der Waals surface area contributed by atoms with Crippen LogP contribution in [-0.4, -0.2) is 18.3 Å². The number of nitrogens with zero attached hydrogens (tertiary/aromatic N) is 1. The highest BCUT2D eigenvalue weighted by atomic mass is 79.9. The molecule has 14 heavy (non-hydrogen) atoms. The summed E-state index contributed by atoms with van der Waals surface area (Å²) in [5.41, 5.74) is 1.51. The van der Waals surface area contributed by atoms with Crippen LogP contribution in [0, 0.1) is 11.3 Å². The lowest BCUT2D eigenvalue weighted by molar-refractivity contribution is 0.292. The van der Waals surface area contributed by atoms with Gasteiger partial charge in [-0.2, -0.15) is 5.26 Å². The van der Waals surface area contributed by atoms with Crippen LogP contribution in [0.2, 0.25) is 0 Å². The van der Waals surface area contributed by atoms with Crippen molar-refractivity contribution in [2.24, 2.45) is 0 Å². The maximum absolute atomic E-state index is 8.72. The second kappa shape index (κ2) is 5.63. The molecule has 0 saturated carbocycles. The van der Waals surface area contributed by atoms with E-state index in [2.05, 4.69) is 27.3 Å². The first-order chi connectivity index (χ1) is 6.76. The number of halogens is 1. The number of hydrogen-bond donors (Lipinski definition) is 2. The van der Waals surface area contributed by atoms with Gasteiger partial charge in [-0.05, 0) is 24.6 Å². The summed E-state index contributed by atoms with van der Waals surface area (Å²) < 4.78 is 0.878. The molecule has 1 aromatic rings. The van der Waals surface area contributed by atoms with Crippen molar-refractivity contribution in [2.45, 2.75) is 6.42 Å². The molecule has 1 rings (SSSR count). The van der Waals surface area contributed by atoms with Gasteiger partial charge >= 0.3 is 0 Å². The molecule has 0 amide bonds. The minimum atomic E-state index is 0.173. The molecule has 0 aliphatic carbocycles. The Bertz CT molecular complexity index is 346. The van der Waals surface area contributed by atoms with Crippen LogP contribution < -0.4 is 5.32 Å². The number of nitrogens with one attached hydrogen (secondary N) is 1. The molecule has 0 bridgehead atoms. The van der Waals surface area contributed by atoms with Crippen LogP contribution in [-0.2, 0) is 0 Å². The highest BCUT2D eigenvalue weighted by Crippen LogP contribution is 2.18. The maximum Gasteiger partial charge on any atom is 0.0992 e. The summed E-state index contributed by atoms with van der Waals surface area (Å²) >= 11 is 3.32. The Balaban J connectivity index is 2.68. The Hall–Kier alpha value is -1.05. The summed E-state index contributed by atoms with van der Waals surface area (Å²) in [6.45, 7) is 0.879. The Labute approximate surface area is 91.5 Å². The van der Waals surface area contributed by atoms with E-state index in [1.54, 1.807) is 12.1 Å². The van der Waals surface area contributed by atoms with Crippen LogP contribution in [0.1, 0.15) is 12.0 Å². The number of anilines is 1. The number of hydrogen-bond acceptors (Lipinski definition) is 3. The first kappa shape index (κ1) is 11.0. The summed E-state index contributed by atoms with van der Waals surface area (Å²) in [5, 5.41) is 20.4. The van der Waals surface area contributed by atoms with E-state index in [9.17, 15) is 0 Å². The van der Waals surface area contributed by atoms with Gasteiger partial charge < -0.3 is 10.4 Å². The summed E-state index contributed by atoms with van der Waals surface area (Å²) in [7, 11) is 0. The SMILES string of the molecule is N#Cc1cc(Br)cc(NCCCO)c1. The standard InChI is InChI=1S/C10H11BrN2O/c11-9-4-8(7-12)5-10(6-9)13-2-1-3-14/h4-6,13-14H,1-3H2. The third kappa shape index (κ3) is 3.36. The third-order valence-electron chi connectivity index (χ3n) is 1.69. The molecule has 2 N–H and O–H groups in total. The quantitative estimate of drug-likeness (QED) is 0.810. The van der Waals surface area contributed by atoms with Gasteiger partial charge in [0.05, 0.1) is 11.6 Å². The van der Waals surface area contributed by atoms with Crippen molar-refractivity contribution in [1.29, 1.82) is 5.26 Å². The fourth-order valence-electron chi connectivity index (χ4n) is 1.07. The molecule has 0 saturated heterocycles. The van der Waals surface area contributed by atoms with Gasteiger partial charge in [0.15, 0.2) is 0 Å². The lowest BCUT2D eigenvalue weighted by atomic mass is 10.2. The largest absolute Gasteiger partial charge is 0.396 e. The first-order valence-corrected chi connectivity index (χ1v) is 5.11. The van der Waals surface area contributed by atoms with Crippen LogP contribution in [0.3, 0.4) is 0 Å². The minimum Gasteiger partial charge on any atom is -0.396 e. The smallest absolute Gasteiger partial charge is 0.0992 e. The molecule has 3 nitrogen and oxygen atoms in total. The molecule has 0 spiro atoms. The summed E-state index contributed by atoms with van der Waals surface area (Å²) in [6, 6.07) is 7.52. The zero-order valence-corrected chi connectivity index (χ0v) is 9.21. The first-order valence-electron chi connectivity index (χ1n) is 4.31.